The molecule has 9 heteroatoms. The topological polar surface area (TPSA) is 101 Å². The molecule has 5 rings (SSSR count). The van der Waals surface area contributed by atoms with E-state index >= 15 is 0 Å². The summed E-state index contributed by atoms with van der Waals surface area (Å²) in [6.07, 6.45) is 2.98. The maximum atomic E-state index is 14.0. The molecule has 0 fully saturated rings. The summed E-state index contributed by atoms with van der Waals surface area (Å²) in [6, 6.07) is 13.6. The van der Waals surface area contributed by atoms with Gasteiger partial charge in [0.05, 0.1) is 15.9 Å². The van der Waals surface area contributed by atoms with E-state index in [0.29, 0.717) is 27.7 Å². The van der Waals surface area contributed by atoms with Crippen LogP contribution < -0.4 is 5.69 Å². The molecule has 3 heterocycles. The van der Waals surface area contributed by atoms with Gasteiger partial charge in [-0.05, 0) is 36.4 Å². The number of hydrogen-bond donors (Lipinski definition) is 2. The van der Waals surface area contributed by atoms with Gasteiger partial charge in [0.2, 0.25) is 0 Å². The number of fused-ring (bicyclic) bond motifs is 2. The molecule has 0 aliphatic heterocycles. The highest BCUT2D eigenvalue weighted by molar-refractivity contribution is 7.90. The quantitative estimate of drug-likeness (QED) is 0.479. The van der Waals surface area contributed by atoms with E-state index in [2.05, 4.69) is 15.0 Å². The van der Waals surface area contributed by atoms with Crippen LogP contribution in [-0.2, 0) is 10.0 Å². The Hall–Kier alpha value is -3.72. The Labute approximate surface area is 163 Å². The van der Waals surface area contributed by atoms with Gasteiger partial charge in [-0.15, -0.1) is 0 Å². The van der Waals surface area contributed by atoms with Gasteiger partial charge in [-0.25, -0.2) is 26.6 Å². The fourth-order valence-corrected chi connectivity index (χ4v) is 4.76. The Morgan fingerprint density at radius 2 is 1.79 bits per heavy atom. The van der Waals surface area contributed by atoms with Crippen LogP contribution in [0.2, 0.25) is 0 Å². The van der Waals surface area contributed by atoms with Gasteiger partial charge in [0, 0.05) is 28.9 Å². The number of hydrogen-bond acceptors (Lipinski definition) is 4. The van der Waals surface area contributed by atoms with Crippen molar-refractivity contribution in [2.75, 3.05) is 0 Å². The molecule has 0 saturated carbocycles. The minimum atomic E-state index is -3.94. The average Bonchev–Trinajstić information content (AvgIpc) is 3.27. The van der Waals surface area contributed by atoms with Crippen LogP contribution in [0.5, 0.6) is 0 Å². The van der Waals surface area contributed by atoms with Crippen molar-refractivity contribution in [1.82, 2.24) is 18.9 Å². The van der Waals surface area contributed by atoms with E-state index in [4.69, 9.17) is 0 Å². The minimum Gasteiger partial charge on any atom is -0.304 e. The summed E-state index contributed by atoms with van der Waals surface area (Å²) in [5.41, 5.74) is 1.85. The van der Waals surface area contributed by atoms with Crippen molar-refractivity contribution < 1.29 is 12.8 Å². The highest BCUT2D eigenvalue weighted by atomic mass is 32.2. The fourth-order valence-electron chi connectivity index (χ4n) is 3.37. The maximum Gasteiger partial charge on any atom is 0.325 e. The second kappa shape index (κ2) is 6.14. The largest absolute Gasteiger partial charge is 0.325 e. The summed E-state index contributed by atoms with van der Waals surface area (Å²) >= 11 is 0. The van der Waals surface area contributed by atoms with Gasteiger partial charge in [-0.3, -0.25) is 4.98 Å². The van der Waals surface area contributed by atoms with Gasteiger partial charge in [-0.2, -0.15) is 0 Å². The summed E-state index contributed by atoms with van der Waals surface area (Å²) in [6.45, 7) is 0. The first-order valence-electron chi connectivity index (χ1n) is 8.63. The van der Waals surface area contributed by atoms with Gasteiger partial charge in [0.25, 0.3) is 10.0 Å². The van der Waals surface area contributed by atoms with Crippen molar-refractivity contribution in [3.63, 3.8) is 0 Å². The molecule has 0 radical (unpaired) electrons. The van der Waals surface area contributed by atoms with Crippen LogP contribution in [-0.4, -0.2) is 27.3 Å². The molecule has 0 aliphatic carbocycles. The number of imidazole rings is 1. The first-order valence-corrected chi connectivity index (χ1v) is 10.1. The molecular formula is C20H13FN4O3S. The summed E-state index contributed by atoms with van der Waals surface area (Å²) in [5.74, 6) is -0.546. The lowest BCUT2D eigenvalue weighted by Crippen LogP contribution is -2.11. The zero-order valence-corrected chi connectivity index (χ0v) is 15.6. The van der Waals surface area contributed by atoms with Gasteiger partial charge in [0.1, 0.15) is 5.82 Å². The van der Waals surface area contributed by atoms with Crippen LogP contribution in [0.15, 0.2) is 76.7 Å². The predicted molar refractivity (Wildman–Crippen MR) is 107 cm³/mol. The monoisotopic (exact) mass is 408 g/mol. The van der Waals surface area contributed by atoms with Crippen LogP contribution in [0.1, 0.15) is 0 Å². The summed E-state index contributed by atoms with van der Waals surface area (Å²) in [4.78, 5) is 21.0. The summed E-state index contributed by atoms with van der Waals surface area (Å²) in [5, 5.41) is 0.546. The molecule has 0 amide bonds. The number of aromatic amines is 2. The van der Waals surface area contributed by atoms with Gasteiger partial charge < -0.3 is 4.98 Å². The minimum absolute atomic E-state index is 0.0938. The highest BCUT2D eigenvalue weighted by Crippen LogP contribution is 2.33. The molecule has 5 aromatic rings. The van der Waals surface area contributed by atoms with Crippen molar-refractivity contribution in [2.24, 2.45) is 0 Å². The van der Waals surface area contributed by atoms with Gasteiger partial charge in [-0.1, -0.05) is 18.2 Å². The Morgan fingerprint density at radius 3 is 2.59 bits per heavy atom. The Balaban J connectivity index is 1.80. The molecule has 29 heavy (non-hydrogen) atoms. The van der Waals surface area contributed by atoms with E-state index in [-0.39, 0.29) is 16.1 Å². The van der Waals surface area contributed by atoms with Crippen molar-refractivity contribution in [2.45, 2.75) is 4.90 Å². The smallest absolute Gasteiger partial charge is 0.304 e. The lowest BCUT2D eigenvalue weighted by Gasteiger charge is -2.07. The molecule has 0 atom stereocenters. The zero-order valence-electron chi connectivity index (χ0n) is 14.8. The zero-order chi connectivity index (χ0) is 20.2. The number of H-pyrrole nitrogens is 2. The SMILES string of the molecule is O=c1[nH]c2cc(-c3cn(S(=O)(=O)c4ccccc4)c4cc(F)ccc34)cnc2[nH]1. The van der Waals surface area contributed by atoms with E-state index in [1.54, 1.807) is 24.3 Å². The van der Waals surface area contributed by atoms with Crippen LogP contribution in [0.3, 0.4) is 0 Å². The van der Waals surface area contributed by atoms with Crippen molar-refractivity contribution in [3.05, 3.63) is 83.3 Å². The molecule has 0 saturated heterocycles. The van der Waals surface area contributed by atoms with Crippen molar-refractivity contribution >= 4 is 32.1 Å². The predicted octanol–water partition coefficient (Wildman–Crippen LogP) is 3.25. The normalized spacial score (nSPS) is 12.0. The lowest BCUT2D eigenvalue weighted by molar-refractivity contribution is 0.589. The number of nitrogens with one attached hydrogen (secondary N) is 2. The molecule has 3 aromatic heterocycles. The maximum absolute atomic E-state index is 14.0. The van der Waals surface area contributed by atoms with Crippen LogP contribution in [0.25, 0.3) is 33.2 Å². The van der Waals surface area contributed by atoms with Crippen LogP contribution in [0.4, 0.5) is 4.39 Å². The summed E-state index contributed by atoms with van der Waals surface area (Å²) in [7, 11) is -3.94. The molecular weight excluding hydrogens is 395 g/mol. The first-order chi connectivity index (χ1) is 13.9. The van der Waals surface area contributed by atoms with E-state index in [1.165, 1.54) is 42.7 Å². The first kappa shape index (κ1) is 17.4. The Kier molecular flexibility index (Phi) is 3.68. The second-order valence-electron chi connectivity index (χ2n) is 6.52. The molecule has 0 spiro atoms. The van der Waals surface area contributed by atoms with Gasteiger partial charge >= 0.3 is 5.69 Å². The molecule has 7 nitrogen and oxygen atoms in total. The van der Waals surface area contributed by atoms with Crippen molar-refractivity contribution in [1.29, 1.82) is 0 Å². The summed E-state index contributed by atoms with van der Waals surface area (Å²) < 4.78 is 41.4. The number of nitrogens with zero attached hydrogens (tertiary/aromatic N) is 2. The fraction of sp³-hybridized carbons (Fsp3) is 0. The van der Waals surface area contributed by atoms with E-state index in [0.717, 1.165) is 3.97 Å². The van der Waals surface area contributed by atoms with E-state index < -0.39 is 15.8 Å². The number of pyridine rings is 1. The van der Waals surface area contributed by atoms with E-state index in [1.807, 2.05) is 0 Å². The number of aromatic nitrogens is 4. The second-order valence-corrected chi connectivity index (χ2v) is 8.33. The molecule has 2 N–H and O–H groups in total. The van der Waals surface area contributed by atoms with E-state index in [9.17, 15) is 17.6 Å². The number of halogens is 1. The van der Waals surface area contributed by atoms with Crippen LogP contribution in [0, 0.1) is 5.82 Å². The van der Waals surface area contributed by atoms with Gasteiger partial charge in [0.15, 0.2) is 5.65 Å². The molecule has 0 bridgehead atoms. The number of benzene rings is 2. The third-order valence-corrected chi connectivity index (χ3v) is 6.40. The van der Waals surface area contributed by atoms with Crippen molar-refractivity contribution in [3.8, 4) is 11.1 Å². The number of rotatable bonds is 3. The molecule has 0 unspecified atom stereocenters. The molecule has 2 aromatic carbocycles. The average molecular weight is 408 g/mol. The highest BCUT2D eigenvalue weighted by Gasteiger charge is 2.22. The molecule has 0 aliphatic rings. The Morgan fingerprint density at radius 1 is 1.00 bits per heavy atom. The standard InChI is InChI=1S/C20H13FN4O3S/c21-13-6-7-15-16(12-8-17-19(22-10-12)24-20(26)23-17)11-25(18(15)9-13)29(27,28)14-4-2-1-3-5-14/h1-11H,(H2,22,23,24,26). The van der Waals surface area contributed by atoms with Crippen LogP contribution >= 0.6 is 0 Å². The lowest BCUT2D eigenvalue weighted by atomic mass is 10.1. The third kappa shape index (κ3) is 2.74. The third-order valence-electron chi connectivity index (χ3n) is 4.71. The Bertz CT molecular complexity index is 1550. The molecule has 144 valence electrons.